The van der Waals surface area contributed by atoms with Crippen LogP contribution in [0.25, 0.3) is 11.4 Å². The van der Waals surface area contributed by atoms with E-state index in [1.54, 1.807) is 13.8 Å². The first-order chi connectivity index (χ1) is 12.5. The minimum atomic E-state index is -4.79. The first kappa shape index (κ1) is 19.4. The van der Waals surface area contributed by atoms with Crippen molar-refractivity contribution in [2.45, 2.75) is 44.8 Å². The number of ether oxygens (including phenoxy) is 2. The first-order valence-corrected chi connectivity index (χ1v) is 8.11. The van der Waals surface area contributed by atoms with Crippen molar-refractivity contribution in [1.29, 1.82) is 0 Å². The largest absolute Gasteiger partial charge is 0.471 e. The van der Waals surface area contributed by atoms with Crippen molar-refractivity contribution in [3.63, 3.8) is 0 Å². The molecule has 0 N–H and O–H groups in total. The third-order valence-electron chi connectivity index (χ3n) is 3.96. The first-order valence-electron chi connectivity index (χ1n) is 8.11. The van der Waals surface area contributed by atoms with Gasteiger partial charge >= 0.3 is 12.1 Å². The molecule has 0 bridgehead atoms. The lowest BCUT2D eigenvalue weighted by Gasteiger charge is -2.16. The maximum Gasteiger partial charge on any atom is 0.471 e. The summed E-state index contributed by atoms with van der Waals surface area (Å²) in [7, 11) is 0. The number of rotatable bonds is 5. The van der Waals surface area contributed by atoms with Crippen molar-refractivity contribution >= 4 is 5.78 Å². The molecular formula is C17H16F4N2O4. The smallest absolute Gasteiger partial charge is 0.348 e. The number of nitrogens with zero attached hydrogens (tertiary/aromatic N) is 2. The van der Waals surface area contributed by atoms with Crippen LogP contribution in [-0.2, 0) is 15.7 Å². The van der Waals surface area contributed by atoms with Gasteiger partial charge in [-0.1, -0.05) is 11.2 Å². The van der Waals surface area contributed by atoms with Gasteiger partial charge in [0.2, 0.25) is 5.82 Å². The second kappa shape index (κ2) is 7.01. The summed E-state index contributed by atoms with van der Waals surface area (Å²) >= 11 is 0. The van der Waals surface area contributed by atoms with Gasteiger partial charge in [-0.05, 0) is 32.4 Å². The van der Waals surface area contributed by atoms with Crippen LogP contribution >= 0.6 is 0 Å². The van der Waals surface area contributed by atoms with Crippen molar-refractivity contribution in [3.05, 3.63) is 35.5 Å². The monoisotopic (exact) mass is 388 g/mol. The number of carbonyl (C=O) groups is 1. The Morgan fingerprint density at radius 3 is 2.63 bits per heavy atom. The van der Waals surface area contributed by atoms with Gasteiger partial charge < -0.3 is 14.0 Å². The van der Waals surface area contributed by atoms with Gasteiger partial charge in [-0.2, -0.15) is 18.2 Å². The minimum Gasteiger partial charge on any atom is -0.348 e. The van der Waals surface area contributed by atoms with Crippen LogP contribution in [0.15, 0.2) is 22.7 Å². The SMILES string of the molecule is CC1(C)OCC(CCC(=O)c2ccc(-c3noc(C(F)(F)F)n3)cc2F)O1. The lowest BCUT2D eigenvalue weighted by Crippen LogP contribution is -2.21. The molecule has 0 saturated carbocycles. The molecule has 1 atom stereocenters. The minimum absolute atomic E-state index is 0.0300. The highest BCUT2D eigenvalue weighted by Gasteiger charge is 2.38. The fraction of sp³-hybridized carbons (Fsp3) is 0.471. The molecule has 6 nitrogen and oxygen atoms in total. The molecule has 1 saturated heterocycles. The molecule has 1 aromatic carbocycles. The topological polar surface area (TPSA) is 74.5 Å². The Hall–Kier alpha value is -2.33. The second-order valence-corrected chi connectivity index (χ2v) is 6.53. The second-order valence-electron chi connectivity index (χ2n) is 6.53. The van der Waals surface area contributed by atoms with E-state index in [1.807, 2.05) is 0 Å². The summed E-state index contributed by atoms with van der Waals surface area (Å²) in [5.41, 5.74) is -0.200. The summed E-state index contributed by atoms with van der Waals surface area (Å²) in [5.74, 6) is -3.98. The van der Waals surface area contributed by atoms with E-state index in [0.717, 1.165) is 6.07 Å². The summed E-state index contributed by atoms with van der Waals surface area (Å²) in [6.45, 7) is 3.87. The summed E-state index contributed by atoms with van der Waals surface area (Å²) < 4.78 is 66.8. The zero-order valence-corrected chi connectivity index (χ0v) is 14.5. The number of aromatic nitrogens is 2. The molecule has 0 amide bonds. The lowest BCUT2D eigenvalue weighted by atomic mass is 10.0. The van der Waals surface area contributed by atoms with Gasteiger partial charge in [0.25, 0.3) is 0 Å². The Bertz CT molecular complexity index is 848. The molecule has 0 aliphatic carbocycles. The predicted molar refractivity (Wildman–Crippen MR) is 83.2 cm³/mol. The van der Waals surface area contributed by atoms with Gasteiger partial charge in [0.15, 0.2) is 11.6 Å². The van der Waals surface area contributed by atoms with Crippen LogP contribution in [0.4, 0.5) is 17.6 Å². The van der Waals surface area contributed by atoms with E-state index in [2.05, 4.69) is 14.7 Å². The molecule has 3 rings (SSSR count). The van der Waals surface area contributed by atoms with E-state index in [-0.39, 0.29) is 23.7 Å². The van der Waals surface area contributed by atoms with E-state index in [1.165, 1.54) is 12.1 Å². The average Bonchev–Trinajstić information content (AvgIpc) is 3.19. The van der Waals surface area contributed by atoms with Crippen LogP contribution in [0.3, 0.4) is 0 Å². The molecule has 27 heavy (non-hydrogen) atoms. The van der Waals surface area contributed by atoms with Crippen LogP contribution in [0.5, 0.6) is 0 Å². The highest BCUT2D eigenvalue weighted by molar-refractivity contribution is 5.96. The van der Waals surface area contributed by atoms with Crippen molar-refractivity contribution in [2.24, 2.45) is 0 Å². The number of hydrogen-bond acceptors (Lipinski definition) is 6. The van der Waals surface area contributed by atoms with Crippen molar-refractivity contribution in [1.82, 2.24) is 10.1 Å². The van der Waals surface area contributed by atoms with Crippen LogP contribution < -0.4 is 0 Å². The Labute approximate surface area is 151 Å². The third-order valence-corrected chi connectivity index (χ3v) is 3.96. The molecule has 146 valence electrons. The van der Waals surface area contributed by atoms with E-state index in [0.29, 0.717) is 13.0 Å². The number of alkyl halides is 3. The fourth-order valence-electron chi connectivity index (χ4n) is 2.67. The molecule has 1 aliphatic rings. The van der Waals surface area contributed by atoms with Gasteiger partial charge in [-0.3, -0.25) is 4.79 Å². The molecule has 10 heteroatoms. The quantitative estimate of drug-likeness (QED) is 0.569. The van der Waals surface area contributed by atoms with Crippen molar-refractivity contribution in [3.8, 4) is 11.4 Å². The predicted octanol–water partition coefficient (Wildman–Crippen LogP) is 4.01. The molecule has 1 fully saturated rings. The van der Waals surface area contributed by atoms with Crippen LogP contribution in [0.2, 0.25) is 0 Å². The van der Waals surface area contributed by atoms with Gasteiger partial charge in [-0.15, -0.1) is 0 Å². The fourth-order valence-corrected chi connectivity index (χ4v) is 2.67. The maximum absolute atomic E-state index is 14.3. The number of ketones is 1. The average molecular weight is 388 g/mol. The Morgan fingerprint density at radius 1 is 1.33 bits per heavy atom. The number of carbonyl (C=O) groups excluding carboxylic acids is 1. The van der Waals surface area contributed by atoms with E-state index in [9.17, 15) is 22.4 Å². The van der Waals surface area contributed by atoms with E-state index >= 15 is 0 Å². The lowest BCUT2D eigenvalue weighted by molar-refractivity contribution is -0.159. The number of benzene rings is 1. The van der Waals surface area contributed by atoms with Gasteiger partial charge in [-0.25, -0.2) is 4.39 Å². The Balaban J connectivity index is 1.67. The van der Waals surface area contributed by atoms with Gasteiger partial charge in [0.1, 0.15) is 5.82 Å². The summed E-state index contributed by atoms with van der Waals surface area (Å²) in [5, 5.41) is 3.18. The van der Waals surface area contributed by atoms with Crippen molar-refractivity contribution in [2.75, 3.05) is 6.61 Å². The highest BCUT2D eigenvalue weighted by atomic mass is 19.4. The molecule has 1 aromatic heterocycles. The standard InChI is InChI=1S/C17H16F4N2O4/c1-16(2)25-8-10(26-16)4-6-13(24)11-5-3-9(7-12(11)18)14-22-15(27-23-14)17(19,20)21/h3,5,7,10H,4,6,8H2,1-2H3. The maximum atomic E-state index is 14.3. The molecule has 2 heterocycles. The van der Waals surface area contributed by atoms with E-state index < -0.39 is 35.3 Å². The highest BCUT2D eigenvalue weighted by Crippen LogP contribution is 2.30. The molecule has 0 radical (unpaired) electrons. The molecule has 0 spiro atoms. The number of halogens is 4. The number of hydrogen-bond donors (Lipinski definition) is 0. The van der Waals surface area contributed by atoms with Gasteiger partial charge in [0, 0.05) is 12.0 Å². The zero-order valence-electron chi connectivity index (χ0n) is 14.5. The van der Waals surface area contributed by atoms with Gasteiger partial charge in [0.05, 0.1) is 18.3 Å². The van der Waals surface area contributed by atoms with Crippen LogP contribution in [-0.4, -0.2) is 34.4 Å². The summed E-state index contributed by atoms with van der Waals surface area (Å²) in [6, 6.07) is 3.35. The molecular weight excluding hydrogens is 372 g/mol. The number of Topliss-reactive ketones (excluding diaryl/α,β-unsaturated/α-hetero) is 1. The van der Waals surface area contributed by atoms with Crippen LogP contribution in [0.1, 0.15) is 42.9 Å². The molecule has 2 aromatic rings. The summed E-state index contributed by atoms with van der Waals surface area (Å²) in [6.07, 6.45) is -4.64. The summed E-state index contributed by atoms with van der Waals surface area (Å²) in [4.78, 5) is 15.4. The molecule has 1 aliphatic heterocycles. The van der Waals surface area contributed by atoms with Crippen LogP contribution in [0, 0.1) is 5.82 Å². The Kier molecular flexibility index (Phi) is 5.04. The normalized spacial score (nSPS) is 19.4. The zero-order chi connectivity index (χ0) is 19.8. The molecule has 1 unspecified atom stereocenters. The van der Waals surface area contributed by atoms with E-state index in [4.69, 9.17) is 9.47 Å². The third kappa shape index (κ3) is 4.51. The van der Waals surface area contributed by atoms with Crippen molar-refractivity contribution < 1.29 is 36.4 Å². The Morgan fingerprint density at radius 2 is 2.07 bits per heavy atom.